The Morgan fingerprint density at radius 2 is 1.65 bits per heavy atom. The molecule has 0 nitrogen and oxygen atoms in total. The molecule has 0 aromatic heterocycles. The summed E-state index contributed by atoms with van der Waals surface area (Å²) < 4.78 is 0. The highest BCUT2D eigenvalue weighted by molar-refractivity contribution is 5.85. The summed E-state index contributed by atoms with van der Waals surface area (Å²) in [7, 11) is 0. The van der Waals surface area contributed by atoms with E-state index in [0.29, 0.717) is 0 Å². The van der Waals surface area contributed by atoms with E-state index in [4.69, 9.17) is 0 Å². The van der Waals surface area contributed by atoms with Crippen LogP contribution in [0.5, 0.6) is 0 Å². The summed E-state index contributed by atoms with van der Waals surface area (Å²) in [6.07, 6.45) is 34.7. The molecule has 0 heterocycles. The molecule has 246 valence electrons. The van der Waals surface area contributed by atoms with Crippen LogP contribution in [0.2, 0.25) is 0 Å². The van der Waals surface area contributed by atoms with Crippen molar-refractivity contribution in [3.8, 4) is 11.1 Å². The average Bonchev–Trinajstić information content (AvgIpc) is 3.24. The molecule has 6 rings (SSSR count). The molecule has 0 heteroatoms. The Kier molecular flexibility index (Phi) is 10.8. The van der Waals surface area contributed by atoms with Crippen molar-refractivity contribution in [2.24, 2.45) is 0 Å². The van der Waals surface area contributed by atoms with Crippen molar-refractivity contribution in [3.63, 3.8) is 0 Å². The third kappa shape index (κ3) is 7.14. The Labute approximate surface area is 296 Å². The van der Waals surface area contributed by atoms with Crippen LogP contribution >= 0.6 is 0 Å². The first-order valence-corrected chi connectivity index (χ1v) is 18.2. The molecular formula is C49H50. The topological polar surface area (TPSA) is 0 Å². The van der Waals surface area contributed by atoms with E-state index in [0.717, 1.165) is 44.9 Å². The molecule has 0 fully saturated rings. The zero-order chi connectivity index (χ0) is 34.2. The number of hydrogen-bond acceptors (Lipinski definition) is 0. The number of fused-ring (bicyclic) bond motifs is 2. The monoisotopic (exact) mass is 638 g/mol. The molecule has 0 radical (unpaired) electrons. The van der Waals surface area contributed by atoms with Crippen molar-refractivity contribution in [1.82, 2.24) is 0 Å². The van der Waals surface area contributed by atoms with Gasteiger partial charge in [0.15, 0.2) is 0 Å². The fraction of sp³-hybridized carbons (Fsp3) is 0.265. The lowest BCUT2D eigenvalue weighted by Gasteiger charge is -2.34. The lowest BCUT2D eigenvalue weighted by Crippen LogP contribution is -2.27. The summed E-state index contributed by atoms with van der Waals surface area (Å²) in [6, 6.07) is 27.0. The van der Waals surface area contributed by atoms with Crippen molar-refractivity contribution in [1.29, 1.82) is 0 Å². The molecule has 0 aliphatic heterocycles. The molecule has 0 amide bonds. The summed E-state index contributed by atoms with van der Waals surface area (Å²) in [5.41, 5.74) is 17.4. The van der Waals surface area contributed by atoms with Gasteiger partial charge in [0.1, 0.15) is 0 Å². The van der Waals surface area contributed by atoms with E-state index < -0.39 is 0 Å². The van der Waals surface area contributed by atoms with Crippen LogP contribution in [0, 0.1) is 19.1 Å². The van der Waals surface area contributed by atoms with Gasteiger partial charge in [-0.15, -0.1) is 0 Å². The zero-order valence-electron chi connectivity index (χ0n) is 30.1. The molecule has 49 heavy (non-hydrogen) atoms. The van der Waals surface area contributed by atoms with Gasteiger partial charge in [-0.25, -0.2) is 0 Å². The summed E-state index contributed by atoms with van der Waals surface area (Å²) in [6.45, 7) is 11.3. The van der Waals surface area contributed by atoms with E-state index >= 15 is 0 Å². The molecule has 1 unspecified atom stereocenters. The number of benzene rings is 2. The summed E-state index contributed by atoms with van der Waals surface area (Å²) in [5, 5.41) is 0. The molecule has 0 bridgehead atoms. The molecule has 0 N–H and O–H groups in total. The zero-order valence-corrected chi connectivity index (χ0v) is 30.1. The van der Waals surface area contributed by atoms with Crippen molar-refractivity contribution < 1.29 is 0 Å². The van der Waals surface area contributed by atoms with Crippen LogP contribution in [0.15, 0.2) is 150 Å². The number of allylic oxidation sites excluding steroid dienone is 18. The Balaban J connectivity index is 1.20. The average molecular weight is 639 g/mol. The Morgan fingerprint density at radius 1 is 0.857 bits per heavy atom. The second kappa shape index (κ2) is 15.6. The van der Waals surface area contributed by atoms with Crippen molar-refractivity contribution in [2.75, 3.05) is 0 Å². The van der Waals surface area contributed by atoms with Gasteiger partial charge in [0, 0.05) is 11.0 Å². The third-order valence-electron chi connectivity index (χ3n) is 10.6. The Morgan fingerprint density at radius 3 is 2.49 bits per heavy atom. The van der Waals surface area contributed by atoms with Gasteiger partial charge in [-0.3, -0.25) is 0 Å². The van der Waals surface area contributed by atoms with Crippen molar-refractivity contribution >= 4 is 11.1 Å². The highest BCUT2D eigenvalue weighted by Crippen LogP contribution is 2.55. The molecule has 3 aliphatic carbocycles. The standard InChI is InChI=1S/C49H50/c1-6-7-8-9-17-35-49(47-25-15-13-21-45(47)46-22-14-16-26-48(46)49)38(4)29-27-36(2)28-30-40-31-33-41(34-32-40)43-23-18-24-44(39(43)5)42-20-12-10-11-19-37(42)3/h7-9,11-12,15-20,23-27,29,31-34H,6,10,13,21,28,30,35H2,1-5H3/b8-7-,17-9-,36-27+,38-29+. The molecule has 0 spiro atoms. The maximum atomic E-state index is 3.51. The van der Waals surface area contributed by atoms with Gasteiger partial charge in [-0.2, -0.15) is 0 Å². The van der Waals surface area contributed by atoms with Crippen LogP contribution in [0.25, 0.3) is 22.3 Å². The minimum absolute atomic E-state index is 0.176. The first-order valence-electron chi connectivity index (χ1n) is 18.2. The molecule has 3 aromatic carbocycles. The van der Waals surface area contributed by atoms with Gasteiger partial charge in [0.25, 0.3) is 0 Å². The number of hydrogen-bond donors (Lipinski definition) is 0. The first kappa shape index (κ1) is 34.0. The second-order valence-electron chi connectivity index (χ2n) is 13.8. The maximum Gasteiger partial charge on any atom is 0.0461 e. The largest absolute Gasteiger partial charge is 0.0848 e. The van der Waals surface area contributed by atoms with E-state index in [1.807, 2.05) is 6.07 Å². The first-order chi connectivity index (χ1) is 23.9. The summed E-state index contributed by atoms with van der Waals surface area (Å²) in [5.74, 6) is 0. The fourth-order valence-electron chi connectivity index (χ4n) is 7.75. The van der Waals surface area contributed by atoms with E-state index in [9.17, 15) is 0 Å². The van der Waals surface area contributed by atoms with E-state index in [2.05, 4.69) is 168 Å². The van der Waals surface area contributed by atoms with Crippen LogP contribution in [0.3, 0.4) is 0 Å². The highest BCUT2D eigenvalue weighted by atomic mass is 14.5. The Bertz CT molecular complexity index is 1950. The smallest absolute Gasteiger partial charge is 0.0461 e. The quantitative estimate of drug-likeness (QED) is 0.183. The normalized spacial score (nSPS) is 19.2. The summed E-state index contributed by atoms with van der Waals surface area (Å²) >= 11 is 0. The minimum atomic E-state index is -0.176. The third-order valence-corrected chi connectivity index (χ3v) is 10.6. The van der Waals surface area contributed by atoms with Crippen molar-refractivity contribution in [2.45, 2.75) is 85.0 Å². The lowest BCUT2D eigenvalue weighted by atomic mass is 9.68. The van der Waals surface area contributed by atoms with E-state index in [-0.39, 0.29) is 5.41 Å². The maximum absolute atomic E-state index is 3.51. The van der Waals surface area contributed by atoms with Crippen LogP contribution in [-0.4, -0.2) is 0 Å². The van der Waals surface area contributed by atoms with Gasteiger partial charge in [0.2, 0.25) is 0 Å². The second-order valence-corrected chi connectivity index (χ2v) is 13.8. The minimum Gasteiger partial charge on any atom is -0.0848 e. The van der Waals surface area contributed by atoms with Crippen molar-refractivity contribution in [3.05, 3.63) is 190 Å². The SMILES string of the molecule is CC/C=C\C=C/CC1(/C(C)=C/C=C(\C)CCc2ccc(-c3cccc(C4=C(C)C=CCC=C4)c3C)cc2)C2=C(CCC=C2)c2c#cccc21. The van der Waals surface area contributed by atoms with Gasteiger partial charge in [0.05, 0.1) is 0 Å². The predicted molar refractivity (Wildman–Crippen MR) is 212 cm³/mol. The molecule has 0 saturated carbocycles. The Hall–Kier alpha value is -4.86. The molecule has 3 aliphatic rings. The molecule has 0 saturated heterocycles. The van der Waals surface area contributed by atoms with Crippen LogP contribution in [0.4, 0.5) is 0 Å². The van der Waals surface area contributed by atoms with Gasteiger partial charge in [-0.1, -0.05) is 146 Å². The van der Waals surface area contributed by atoms with Gasteiger partial charge in [-0.05, 0) is 140 Å². The summed E-state index contributed by atoms with van der Waals surface area (Å²) in [4.78, 5) is 0. The fourth-order valence-corrected chi connectivity index (χ4v) is 7.75. The van der Waals surface area contributed by atoms with E-state index in [1.54, 1.807) is 0 Å². The predicted octanol–water partition coefficient (Wildman–Crippen LogP) is 13.3. The van der Waals surface area contributed by atoms with Gasteiger partial charge < -0.3 is 0 Å². The highest BCUT2D eigenvalue weighted by Gasteiger charge is 2.44. The number of aryl methyl sites for hydroxylation is 1. The van der Waals surface area contributed by atoms with Gasteiger partial charge >= 0.3 is 0 Å². The molecular weight excluding hydrogens is 589 g/mol. The van der Waals surface area contributed by atoms with Crippen LogP contribution in [0.1, 0.15) is 94.0 Å². The molecule has 3 aromatic rings. The van der Waals surface area contributed by atoms with E-state index in [1.165, 1.54) is 72.4 Å². The lowest BCUT2D eigenvalue weighted by molar-refractivity contribution is 0.621. The number of rotatable bonds is 11. The van der Waals surface area contributed by atoms with Crippen LogP contribution < -0.4 is 0 Å². The molecule has 1 atom stereocenters. The van der Waals surface area contributed by atoms with Crippen LogP contribution in [-0.2, 0) is 11.8 Å².